The van der Waals surface area contributed by atoms with Crippen LogP contribution in [0.5, 0.6) is 0 Å². The van der Waals surface area contributed by atoms with E-state index in [9.17, 15) is 14.4 Å². The number of hydrogen-bond donors (Lipinski definition) is 0. The van der Waals surface area contributed by atoms with Crippen molar-refractivity contribution in [2.24, 2.45) is 0 Å². The minimum Gasteiger partial charge on any atom is -0.467 e. The lowest BCUT2D eigenvalue weighted by Gasteiger charge is -2.41. The summed E-state index contributed by atoms with van der Waals surface area (Å²) >= 11 is 0. The number of piperazine rings is 1. The molecule has 2 aliphatic rings. The van der Waals surface area contributed by atoms with Gasteiger partial charge in [0.25, 0.3) is 0 Å². The molecule has 0 aliphatic carbocycles. The fourth-order valence-electron chi connectivity index (χ4n) is 2.63. The van der Waals surface area contributed by atoms with Crippen LogP contribution in [0.4, 0.5) is 4.79 Å². The van der Waals surface area contributed by atoms with Crippen LogP contribution in [-0.4, -0.2) is 91.7 Å². The van der Waals surface area contributed by atoms with Gasteiger partial charge in [0.2, 0.25) is 5.91 Å². The number of urea groups is 1. The Bertz CT molecular complexity index is 422. The molecule has 2 heterocycles. The van der Waals surface area contributed by atoms with E-state index in [4.69, 9.17) is 9.47 Å². The predicted octanol–water partition coefficient (Wildman–Crippen LogP) is -0.856. The Balaban J connectivity index is 2.04. The maximum absolute atomic E-state index is 12.4. The van der Waals surface area contributed by atoms with Gasteiger partial charge in [-0.3, -0.25) is 4.79 Å². The number of amides is 3. The van der Waals surface area contributed by atoms with Crippen molar-refractivity contribution in [2.45, 2.75) is 13.0 Å². The molecule has 0 aromatic rings. The largest absolute Gasteiger partial charge is 0.467 e. The summed E-state index contributed by atoms with van der Waals surface area (Å²) in [5, 5.41) is 0. The Morgan fingerprint density at radius 3 is 2.29 bits per heavy atom. The molecule has 2 fully saturated rings. The van der Waals surface area contributed by atoms with Crippen LogP contribution in [0.25, 0.3) is 0 Å². The Hall–Kier alpha value is -1.83. The number of carbonyl (C=O) groups is 3. The monoisotopic (exact) mass is 299 g/mol. The van der Waals surface area contributed by atoms with E-state index in [1.807, 2.05) is 0 Å². The van der Waals surface area contributed by atoms with Crippen molar-refractivity contribution in [3.05, 3.63) is 0 Å². The number of rotatable bonds is 1. The molecule has 21 heavy (non-hydrogen) atoms. The summed E-state index contributed by atoms with van der Waals surface area (Å²) in [5.74, 6) is -0.687. The minimum absolute atomic E-state index is 0.115. The summed E-state index contributed by atoms with van der Waals surface area (Å²) in [6.45, 7) is 4.49. The van der Waals surface area contributed by atoms with Gasteiger partial charge in [0.15, 0.2) is 0 Å². The molecule has 0 radical (unpaired) electrons. The van der Waals surface area contributed by atoms with E-state index < -0.39 is 12.0 Å². The molecule has 118 valence electrons. The highest BCUT2D eigenvalue weighted by Crippen LogP contribution is 2.14. The Kier molecular flexibility index (Phi) is 5.00. The van der Waals surface area contributed by atoms with Crippen molar-refractivity contribution >= 4 is 17.9 Å². The van der Waals surface area contributed by atoms with Gasteiger partial charge >= 0.3 is 12.0 Å². The first kappa shape index (κ1) is 15.6. The van der Waals surface area contributed by atoms with E-state index in [1.165, 1.54) is 18.9 Å². The fourth-order valence-corrected chi connectivity index (χ4v) is 2.63. The number of nitrogens with zero attached hydrogens (tertiary/aromatic N) is 3. The number of morpholine rings is 1. The van der Waals surface area contributed by atoms with Crippen LogP contribution in [0, 0.1) is 0 Å². The number of hydrogen-bond acceptors (Lipinski definition) is 5. The molecule has 8 nitrogen and oxygen atoms in total. The van der Waals surface area contributed by atoms with Gasteiger partial charge in [0.1, 0.15) is 6.04 Å². The van der Waals surface area contributed by atoms with Gasteiger partial charge in [-0.2, -0.15) is 0 Å². The van der Waals surface area contributed by atoms with Gasteiger partial charge in [0, 0.05) is 33.1 Å². The highest BCUT2D eigenvalue weighted by Gasteiger charge is 2.37. The van der Waals surface area contributed by atoms with Crippen LogP contribution in [0.3, 0.4) is 0 Å². The van der Waals surface area contributed by atoms with Crippen LogP contribution < -0.4 is 0 Å². The van der Waals surface area contributed by atoms with Crippen molar-refractivity contribution in [3.8, 4) is 0 Å². The SMILES string of the molecule is COC(=O)[C@H]1CN(C(=O)N2CCOCC2)CCN1C(C)=O. The Morgan fingerprint density at radius 2 is 1.71 bits per heavy atom. The molecule has 8 heteroatoms. The third kappa shape index (κ3) is 3.44. The number of methoxy groups -OCH3 is 1. The van der Waals surface area contributed by atoms with E-state index in [1.54, 1.807) is 9.80 Å². The summed E-state index contributed by atoms with van der Waals surface area (Å²) < 4.78 is 9.96. The van der Waals surface area contributed by atoms with Crippen LogP contribution >= 0.6 is 0 Å². The summed E-state index contributed by atoms with van der Waals surface area (Å²) in [4.78, 5) is 40.6. The molecule has 0 spiro atoms. The quantitative estimate of drug-likeness (QED) is 0.589. The second-order valence-electron chi connectivity index (χ2n) is 5.08. The zero-order valence-corrected chi connectivity index (χ0v) is 12.4. The van der Waals surface area contributed by atoms with E-state index in [0.717, 1.165) is 0 Å². The lowest BCUT2D eigenvalue weighted by molar-refractivity contribution is -0.154. The highest BCUT2D eigenvalue weighted by molar-refractivity contribution is 5.85. The third-order valence-electron chi connectivity index (χ3n) is 3.81. The zero-order valence-electron chi connectivity index (χ0n) is 12.4. The lowest BCUT2D eigenvalue weighted by Crippen LogP contribution is -2.61. The zero-order chi connectivity index (χ0) is 15.4. The van der Waals surface area contributed by atoms with Crippen LogP contribution in [0.1, 0.15) is 6.92 Å². The summed E-state index contributed by atoms with van der Waals surface area (Å²) in [7, 11) is 1.28. The molecule has 1 atom stereocenters. The molecular weight excluding hydrogens is 278 g/mol. The van der Waals surface area contributed by atoms with Crippen molar-refractivity contribution in [1.82, 2.24) is 14.7 Å². The molecule has 0 aromatic heterocycles. The predicted molar refractivity (Wildman–Crippen MR) is 72.6 cm³/mol. The minimum atomic E-state index is -0.730. The Labute approximate surface area is 123 Å². The van der Waals surface area contributed by atoms with Gasteiger partial charge in [-0.15, -0.1) is 0 Å². The van der Waals surface area contributed by atoms with Crippen molar-refractivity contribution in [3.63, 3.8) is 0 Å². The third-order valence-corrected chi connectivity index (χ3v) is 3.81. The molecule has 2 saturated heterocycles. The molecule has 0 bridgehead atoms. The van der Waals surface area contributed by atoms with Crippen molar-refractivity contribution < 1.29 is 23.9 Å². The maximum Gasteiger partial charge on any atom is 0.330 e. The Morgan fingerprint density at radius 1 is 1.05 bits per heavy atom. The molecule has 0 unspecified atom stereocenters. The van der Waals surface area contributed by atoms with E-state index >= 15 is 0 Å². The van der Waals surface area contributed by atoms with E-state index in [2.05, 4.69) is 0 Å². The van der Waals surface area contributed by atoms with Crippen LogP contribution in [0.15, 0.2) is 0 Å². The van der Waals surface area contributed by atoms with Crippen molar-refractivity contribution in [2.75, 3.05) is 53.0 Å². The smallest absolute Gasteiger partial charge is 0.330 e. The molecule has 2 aliphatic heterocycles. The molecular formula is C13H21N3O5. The van der Waals surface area contributed by atoms with Crippen LogP contribution in [0.2, 0.25) is 0 Å². The number of ether oxygens (including phenoxy) is 2. The van der Waals surface area contributed by atoms with E-state index in [0.29, 0.717) is 39.4 Å². The second kappa shape index (κ2) is 6.75. The molecule has 0 aromatic carbocycles. The first-order chi connectivity index (χ1) is 10.0. The summed E-state index contributed by atoms with van der Waals surface area (Å²) in [6.07, 6.45) is 0. The van der Waals surface area contributed by atoms with Gasteiger partial charge in [-0.1, -0.05) is 0 Å². The molecule has 3 amide bonds. The second-order valence-corrected chi connectivity index (χ2v) is 5.08. The standard InChI is InChI=1S/C13H21N3O5/c1-10(17)16-4-3-15(9-11(16)12(18)20-2)13(19)14-5-7-21-8-6-14/h11H,3-9H2,1-2H3/t11-/m1/s1. The van der Waals surface area contributed by atoms with Crippen LogP contribution in [-0.2, 0) is 19.1 Å². The van der Waals surface area contributed by atoms with Crippen molar-refractivity contribution in [1.29, 1.82) is 0 Å². The summed E-state index contributed by atoms with van der Waals surface area (Å²) in [6, 6.07) is -0.846. The first-order valence-corrected chi connectivity index (χ1v) is 7.01. The van der Waals surface area contributed by atoms with E-state index in [-0.39, 0.29) is 18.5 Å². The van der Waals surface area contributed by atoms with Gasteiger partial charge in [-0.05, 0) is 0 Å². The van der Waals surface area contributed by atoms with Gasteiger partial charge in [-0.25, -0.2) is 9.59 Å². The average Bonchev–Trinajstić information content (AvgIpc) is 2.53. The maximum atomic E-state index is 12.4. The summed E-state index contributed by atoms with van der Waals surface area (Å²) in [5.41, 5.74) is 0. The number of carbonyl (C=O) groups excluding carboxylic acids is 3. The topological polar surface area (TPSA) is 79.4 Å². The molecule has 0 N–H and O–H groups in total. The first-order valence-electron chi connectivity index (χ1n) is 7.01. The average molecular weight is 299 g/mol. The lowest BCUT2D eigenvalue weighted by atomic mass is 10.1. The number of esters is 1. The normalized spacial score (nSPS) is 23.0. The highest BCUT2D eigenvalue weighted by atomic mass is 16.5. The fraction of sp³-hybridized carbons (Fsp3) is 0.769. The van der Waals surface area contributed by atoms with Gasteiger partial charge in [0.05, 0.1) is 26.9 Å². The molecule has 0 saturated carbocycles. The van der Waals surface area contributed by atoms with Gasteiger partial charge < -0.3 is 24.2 Å². The molecule has 2 rings (SSSR count).